The van der Waals surface area contributed by atoms with Crippen molar-refractivity contribution in [2.24, 2.45) is 4.99 Å². The summed E-state index contributed by atoms with van der Waals surface area (Å²) in [7, 11) is 0. The van der Waals surface area contributed by atoms with Crippen LogP contribution in [0.4, 0.5) is 0 Å². The van der Waals surface area contributed by atoms with Gasteiger partial charge in [-0.1, -0.05) is 11.6 Å². The molecule has 0 spiro atoms. The number of benzene rings is 1. The number of hydrogen-bond donors (Lipinski definition) is 2. The topological polar surface area (TPSA) is 106 Å². The van der Waals surface area contributed by atoms with Crippen LogP contribution in [0, 0.1) is 0 Å². The van der Waals surface area contributed by atoms with Crippen molar-refractivity contribution in [3.8, 4) is 11.5 Å². The molecule has 9 heteroatoms. The smallest absolute Gasteiger partial charge is 0.302 e. The Morgan fingerprint density at radius 2 is 2.11 bits per heavy atom. The lowest BCUT2D eigenvalue weighted by atomic mass is 10.0. The second-order valence-corrected chi connectivity index (χ2v) is 6.36. The maximum atomic E-state index is 11.9. The van der Waals surface area contributed by atoms with Gasteiger partial charge in [0.2, 0.25) is 12.2 Å². The lowest BCUT2D eigenvalue weighted by Gasteiger charge is -2.25. The van der Waals surface area contributed by atoms with Crippen molar-refractivity contribution in [3.05, 3.63) is 28.3 Å². The van der Waals surface area contributed by atoms with E-state index in [1.54, 1.807) is 18.2 Å². The monoisotopic (exact) mass is 394 g/mol. The van der Waals surface area contributed by atoms with Crippen LogP contribution in [0.25, 0.3) is 6.08 Å². The number of ether oxygens (including phenoxy) is 3. The third-order valence-corrected chi connectivity index (χ3v) is 4.27. The highest BCUT2D eigenvalue weighted by molar-refractivity contribution is 6.35. The highest BCUT2D eigenvalue weighted by Crippen LogP contribution is 2.41. The normalized spacial score (nSPS) is 17.6. The number of amides is 1. The minimum Gasteiger partial charge on any atom is -0.492 e. The molecule has 2 aliphatic rings. The van der Waals surface area contributed by atoms with E-state index in [4.69, 9.17) is 25.8 Å². The number of carbonyl (C=O) groups is 2. The molecule has 3 rings (SSSR count). The van der Waals surface area contributed by atoms with Gasteiger partial charge in [-0.2, -0.15) is 4.99 Å². The summed E-state index contributed by atoms with van der Waals surface area (Å²) in [5.74, 6) is 0.0468. The Kier molecular flexibility index (Phi) is 5.98. The van der Waals surface area contributed by atoms with E-state index in [9.17, 15) is 14.7 Å². The zero-order valence-electron chi connectivity index (χ0n) is 14.7. The number of aliphatic imine (C=N–C) groups is 1. The zero-order valence-corrected chi connectivity index (χ0v) is 15.4. The summed E-state index contributed by atoms with van der Waals surface area (Å²) in [5, 5.41) is 12.1. The van der Waals surface area contributed by atoms with E-state index in [0.29, 0.717) is 30.3 Å². The molecule has 0 fully saturated rings. The average molecular weight is 395 g/mol. The van der Waals surface area contributed by atoms with E-state index in [2.05, 4.69) is 10.3 Å². The van der Waals surface area contributed by atoms with Crippen molar-refractivity contribution < 1.29 is 28.9 Å². The fraction of sp³-hybridized carbons (Fsp3) is 0.389. The van der Waals surface area contributed by atoms with Gasteiger partial charge in [0.15, 0.2) is 5.75 Å². The molecule has 1 aromatic carbocycles. The highest BCUT2D eigenvalue weighted by atomic mass is 35.5. The van der Waals surface area contributed by atoms with Crippen LogP contribution >= 0.6 is 11.6 Å². The van der Waals surface area contributed by atoms with Crippen LogP contribution in [0.5, 0.6) is 11.5 Å². The van der Waals surface area contributed by atoms with Gasteiger partial charge in [-0.25, -0.2) is 0 Å². The van der Waals surface area contributed by atoms with Crippen molar-refractivity contribution in [1.29, 1.82) is 0 Å². The molecule has 0 saturated carbocycles. The Bertz CT molecular complexity index is 820. The van der Waals surface area contributed by atoms with Crippen LogP contribution in [-0.4, -0.2) is 42.4 Å². The van der Waals surface area contributed by atoms with Crippen molar-refractivity contribution in [2.75, 3.05) is 13.2 Å². The molecule has 0 aromatic heterocycles. The molecular formula is C18H19ClN2O6. The van der Waals surface area contributed by atoms with E-state index < -0.39 is 12.3 Å². The summed E-state index contributed by atoms with van der Waals surface area (Å²) in [5.41, 5.74) is 0.847. The largest absolute Gasteiger partial charge is 0.492 e. The maximum absolute atomic E-state index is 11.9. The van der Waals surface area contributed by atoms with E-state index in [0.717, 1.165) is 19.3 Å². The van der Waals surface area contributed by atoms with Crippen molar-refractivity contribution in [1.82, 2.24) is 5.32 Å². The molecular weight excluding hydrogens is 376 g/mol. The summed E-state index contributed by atoms with van der Waals surface area (Å²) in [6, 6.07) is 3.44. The number of halogens is 1. The first-order valence-electron chi connectivity index (χ1n) is 8.51. The number of unbranched alkanes of at least 4 members (excludes halogenated alkanes) is 2. The Balaban J connectivity index is 1.61. The number of esters is 1. The Morgan fingerprint density at radius 3 is 2.89 bits per heavy atom. The third-order valence-electron chi connectivity index (χ3n) is 3.92. The fourth-order valence-electron chi connectivity index (χ4n) is 2.63. The minimum atomic E-state index is -1.35. The SMILES string of the molecule is CC(=O)OCCCCCOc1ccc2c(c1Cl)OC1=NC(O)NC(=O)C1=C2. The molecule has 1 aromatic rings. The Morgan fingerprint density at radius 1 is 1.33 bits per heavy atom. The number of fused-ring (bicyclic) bond motifs is 2. The molecule has 2 N–H and O–H groups in total. The molecule has 2 aliphatic heterocycles. The summed E-state index contributed by atoms with van der Waals surface area (Å²) < 4.78 is 16.2. The van der Waals surface area contributed by atoms with Crippen molar-refractivity contribution in [2.45, 2.75) is 32.5 Å². The fourth-order valence-corrected chi connectivity index (χ4v) is 2.89. The molecule has 27 heavy (non-hydrogen) atoms. The first kappa shape index (κ1) is 19.2. The quantitative estimate of drug-likeness (QED) is 0.541. The van der Waals surface area contributed by atoms with E-state index in [-0.39, 0.29) is 22.5 Å². The molecule has 1 atom stereocenters. The second kappa shape index (κ2) is 8.41. The van der Waals surface area contributed by atoms with Crippen LogP contribution in [0.2, 0.25) is 5.02 Å². The van der Waals surface area contributed by atoms with E-state index in [1.807, 2.05) is 0 Å². The molecule has 0 aliphatic carbocycles. The van der Waals surface area contributed by atoms with Gasteiger partial charge in [0.05, 0.1) is 13.2 Å². The Labute approximate surface area is 160 Å². The molecule has 0 bridgehead atoms. The summed E-state index contributed by atoms with van der Waals surface area (Å²) in [6.07, 6.45) is 2.64. The summed E-state index contributed by atoms with van der Waals surface area (Å²) >= 11 is 6.37. The van der Waals surface area contributed by atoms with Crippen LogP contribution in [0.1, 0.15) is 31.7 Å². The molecule has 144 valence electrons. The van der Waals surface area contributed by atoms with Crippen LogP contribution < -0.4 is 14.8 Å². The van der Waals surface area contributed by atoms with Gasteiger partial charge in [-0.15, -0.1) is 0 Å². The van der Waals surface area contributed by atoms with Gasteiger partial charge in [0.25, 0.3) is 5.91 Å². The third kappa shape index (κ3) is 4.58. The number of carbonyl (C=O) groups excluding carboxylic acids is 2. The lowest BCUT2D eigenvalue weighted by Crippen LogP contribution is -2.43. The number of rotatable bonds is 7. The predicted molar refractivity (Wildman–Crippen MR) is 97.6 cm³/mol. The number of nitrogens with zero attached hydrogens (tertiary/aromatic N) is 1. The van der Waals surface area contributed by atoms with Gasteiger partial charge in [0, 0.05) is 12.5 Å². The van der Waals surface area contributed by atoms with Gasteiger partial charge >= 0.3 is 5.97 Å². The van der Waals surface area contributed by atoms with Crippen LogP contribution in [0.3, 0.4) is 0 Å². The Hall–Kier alpha value is -2.58. The molecule has 0 saturated heterocycles. The minimum absolute atomic E-state index is 0.0169. The predicted octanol–water partition coefficient (Wildman–Crippen LogP) is 2.03. The maximum Gasteiger partial charge on any atom is 0.302 e. The second-order valence-electron chi connectivity index (χ2n) is 5.99. The summed E-state index contributed by atoms with van der Waals surface area (Å²) in [4.78, 5) is 26.4. The van der Waals surface area contributed by atoms with Crippen LogP contribution in [-0.2, 0) is 14.3 Å². The van der Waals surface area contributed by atoms with Gasteiger partial charge in [-0.05, 0) is 37.5 Å². The highest BCUT2D eigenvalue weighted by Gasteiger charge is 2.31. The van der Waals surface area contributed by atoms with E-state index >= 15 is 0 Å². The van der Waals surface area contributed by atoms with Crippen molar-refractivity contribution >= 4 is 35.5 Å². The number of hydrogen-bond acceptors (Lipinski definition) is 7. The number of aliphatic hydroxyl groups excluding tert-OH is 1. The van der Waals surface area contributed by atoms with Gasteiger partial charge in [0.1, 0.15) is 16.3 Å². The van der Waals surface area contributed by atoms with Gasteiger partial charge in [-0.3, -0.25) is 9.59 Å². The standard InChI is InChI=1S/C18H19ClN2O6/c1-10(22)25-7-3-2-4-8-26-13-6-5-11-9-12-16(23)20-18(24)21-17(12)27-15(11)14(13)19/h5-6,9,18,24H,2-4,7-8H2,1H3,(H,20,23). The average Bonchev–Trinajstić information content (AvgIpc) is 2.61. The number of nitrogens with one attached hydrogen (secondary N) is 1. The van der Waals surface area contributed by atoms with E-state index in [1.165, 1.54) is 6.92 Å². The van der Waals surface area contributed by atoms with Crippen molar-refractivity contribution in [3.63, 3.8) is 0 Å². The zero-order chi connectivity index (χ0) is 19.4. The first-order valence-corrected chi connectivity index (χ1v) is 8.89. The van der Waals surface area contributed by atoms with Crippen LogP contribution in [0.15, 0.2) is 22.7 Å². The molecule has 8 nitrogen and oxygen atoms in total. The first-order chi connectivity index (χ1) is 13.0. The molecule has 2 heterocycles. The molecule has 1 unspecified atom stereocenters. The van der Waals surface area contributed by atoms with Gasteiger partial charge < -0.3 is 24.6 Å². The summed E-state index contributed by atoms with van der Waals surface area (Å²) in [6.45, 7) is 2.23. The lowest BCUT2D eigenvalue weighted by molar-refractivity contribution is -0.141. The molecule has 1 amide bonds. The number of aliphatic hydroxyl groups is 1. The molecule has 0 radical (unpaired) electrons.